The zero-order chi connectivity index (χ0) is 19.5. The molecule has 28 heavy (non-hydrogen) atoms. The summed E-state index contributed by atoms with van der Waals surface area (Å²) in [7, 11) is 0. The number of carboxylic acid groups (broad SMARTS) is 1. The molecule has 4 rings (SSSR count). The topological polar surface area (TPSA) is 58.6 Å². The molecule has 0 bridgehead atoms. The van der Waals surface area contributed by atoms with E-state index in [1.54, 1.807) is 0 Å². The Balaban J connectivity index is 1.40. The van der Waals surface area contributed by atoms with Crippen LogP contribution in [0, 0.1) is 5.92 Å². The third-order valence-electron chi connectivity index (χ3n) is 6.22. The van der Waals surface area contributed by atoms with E-state index in [1.165, 1.54) is 29.5 Å². The monoisotopic (exact) mass is 379 g/mol. The van der Waals surface area contributed by atoms with Gasteiger partial charge in [0.15, 0.2) is 0 Å². The van der Waals surface area contributed by atoms with Crippen LogP contribution in [0.5, 0.6) is 5.75 Å². The minimum atomic E-state index is -0.671. The third kappa shape index (κ3) is 4.32. The first-order valence-corrected chi connectivity index (χ1v) is 10.4. The van der Waals surface area contributed by atoms with Crippen LogP contribution >= 0.6 is 0 Å². The first-order valence-electron chi connectivity index (χ1n) is 10.4. The lowest BCUT2D eigenvalue weighted by atomic mass is 9.77. The van der Waals surface area contributed by atoms with Crippen molar-refractivity contribution in [2.45, 2.75) is 57.5 Å². The molecule has 1 aliphatic carbocycles. The maximum atomic E-state index is 10.8. The summed E-state index contributed by atoms with van der Waals surface area (Å²) in [6.45, 7) is 2.92. The Morgan fingerprint density at radius 2 is 1.79 bits per heavy atom. The zero-order valence-corrected chi connectivity index (χ0v) is 16.5. The summed E-state index contributed by atoms with van der Waals surface area (Å²) in [4.78, 5) is 10.8. The average Bonchev–Trinajstić information content (AvgIpc) is 2.72. The number of carboxylic acids is 1. The average molecular weight is 380 g/mol. The molecule has 0 aromatic heterocycles. The van der Waals surface area contributed by atoms with E-state index in [1.807, 2.05) is 0 Å². The van der Waals surface area contributed by atoms with Gasteiger partial charge >= 0.3 is 5.97 Å². The Hall–Kier alpha value is -2.49. The molecule has 1 heterocycles. The zero-order valence-electron chi connectivity index (χ0n) is 16.5. The van der Waals surface area contributed by atoms with Gasteiger partial charge < -0.3 is 15.2 Å². The molecule has 2 aromatic carbocycles. The normalized spacial score (nSPS) is 24.0. The molecule has 0 spiro atoms. The highest BCUT2D eigenvalue weighted by molar-refractivity contribution is 5.71. The van der Waals surface area contributed by atoms with Crippen LogP contribution in [0.1, 0.15) is 56.9 Å². The molecule has 1 aliphatic heterocycles. The first-order chi connectivity index (χ1) is 13.6. The van der Waals surface area contributed by atoms with E-state index >= 15 is 0 Å². The van der Waals surface area contributed by atoms with Gasteiger partial charge in [0.2, 0.25) is 0 Å². The highest BCUT2D eigenvalue weighted by Crippen LogP contribution is 2.39. The summed E-state index contributed by atoms with van der Waals surface area (Å²) in [5.41, 5.74) is 4.87. The van der Waals surface area contributed by atoms with Crippen molar-refractivity contribution in [1.29, 1.82) is 0 Å². The molecule has 1 saturated carbocycles. The fourth-order valence-corrected chi connectivity index (χ4v) is 4.52. The van der Waals surface area contributed by atoms with Crippen molar-refractivity contribution in [3.63, 3.8) is 0 Å². The van der Waals surface area contributed by atoms with Gasteiger partial charge in [-0.05, 0) is 79.7 Å². The number of hydrogen-bond acceptors (Lipinski definition) is 3. The summed E-state index contributed by atoms with van der Waals surface area (Å²) in [5.74, 6) is 1.45. The van der Waals surface area contributed by atoms with Crippen LogP contribution in [0.4, 0.5) is 5.69 Å². The molecule has 1 unspecified atom stereocenters. The van der Waals surface area contributed by atoms with Gasteiger partial charge in [0.25, 0.3) is 0 Å². The molecule has 2 N–H and O–H groups in total. The van der Waals surface area contributed by atoms with Gasteiger partial charge in [-0.15, -0.1) is 0 Å². The largest absolute Gasteiger partial charge is 0.487 e. The summed E-state index contributed by atoms with van der Waals surface area (Å²) in [6, 6.07) is 15.3. The second kappa shape index (κ2) is 8.26. The van der Waals surface area contributed by atoms with E-state index in [9.17, 15) is 4.79 Å². The summed E-state index contributed by atoms with van der Waals surface area (Å²) >= 11 is 0. The van der Waals surface area contributed by atoms with Crippen molar-refractivity contribution in [2.75, 3.05) is 11.9 Å². The van der Waals surface area contributed by atoms with Crippen LogP contribution in [0.25, 0.3) is 11.1 Å². The van der Waals surface area contributed by atoms with Gasteiger partial charge in [0.05, 0.1) is 12.2 Å². The molecule has 0 amide bonds. The number of carbonyl (C=O) groups is 1. The van der Waals surface area contributed by atoms with Crippen molar-refractivity contribution in [1.82, 2.24) is 0 Å². The number of ether oxygens (including phenoxy) is 1. The van der Waals surface area contributed by atoms with Gasteiger partial charge in [-0.1, -0.05) is 30.3 Å². The lowest BCUT2D eigenvalue weighted by Gasteiger charge is -2.28. The van der Waals surface area contributed by atoms with Crippen LogP contribution in [-0.4, -0.2) is 23.7 Å². The van der Waals surface area contributed by atoms with Crippen LogP contribution < -0.4 is 10.1 Å². The minimum absolute atomic E-state index is 0.191. The summed E-state index contributed by atoms with van der Waals surface area (Å²) in [6.07, 6.45) is 5.95. The second-order valence-corrected chi connectivity index (χ2v) is 8.29. The Morgan fingerprint density at radius 1 is 1.07 bits per heavy atom. The van der Waals surface area contributed by atoms with E-state index in [0.717, 1.165) is 37.2 Å². The predicted molar refractivity (Wildman–Crippen MR) is 112 cm³/mol. The number of aliphatic carboxylic acids is 1. The number of benzene rings is 2. The first kappa shape index (κ1) is 18.9. The summed E-state index contributed by atoms with van der Waals surface area (Å²) in [5, 5.41) is 12.3. The molecule has 1 atom stereocenters. The number of nitrogens with one attached hydrogen (secondary N) is 1. The van der Waals surface area contributed by atoms with Gasteiger partial charge in [-0.2, -0.15) is 0 Å². The van der Waals surface area contributed by atoms with Crippen molar-refractivity contribution in [2.24, 2.45) is 5.92 Å². The molecule has 0 saturated heterocycles. The molecule has 2 aliphatic rings. The Labute approximate surface area is 166 Å². The van der Waals surface area contributed by atoms with E-state index in [4.69, 9.17) is 9.84 Å². The third-order valence-corrected chi connectivity index (χ3v) is 6.22. The highest BCUT2D eigenvalue weighted by Gasteiger charge is 2.23. The van der Waals surface area contributed by atoms with Crippen LogP contribution in [0.3, 0.4) is 0 Å². The van der Waals surface area contributed by atoms with Crippen molar-refractivity contribution in [3.05, 3.63) is 48.0 Å². The molecule has 0 radical (unpaired) electrons. The quantitative estimate of drug-likeness (QED) is 0.701. The lowest BCUT2D eigenvalue weighted by molar-refractivity contribution is -0.137. The fourth-order valence-electron chi connectivity index (χ4n) is 4.52. The predicted octanol–water partition coefficient (Wildman–Crippen LogP) is 5.69. The van der Waals surface area contributed by atoms with Crippen LogP contribution in [-0.2, 0) is 4.79 Å². The Morgan fingerprint density at radius 3 is 2.50 bits per heavy atom. The molecule has 148 valence electrons. The Bertz CT molecular complexity index is 822. The van der Waals surface area contributed by atoms with Gasteiger partial charge in [0, 0.05) is 6.42 Å². The van der Waals surface area contributed by atoms with E-state index < -0.39 is 5.97 Å². The van der Waals surface area contributed by atoms with Gasteiger partial charge in [-0.25, -0.2) is 0 Å². The van der Waals surface area contributed by atoms with E-state index in [2.05, 4.69) is 54.7 Å². The van der Waals surface area contributed by atoms with Crippen LogP contribution in [0.15, 0.2) is 42.5 Å². The number of rotatable bonds is 5. The second-order valence-electron chi connectivity index (χ2n) is 8.29. The summed E-state index contributed by atoms with van der Waals surface area (Å²) < 4.78 is 5.96. The number of anilines is 1. The van der Waals surface area contributed by atoms with Gasteiger partial charge in [0.1, 0.15) is 11.9 Å². The molecular formula is C24H29NO3. The maximum Gasteiger partial charge on any atom is 0.303 e. The van der Waals surface area contributed by atoms with Crippen molar-refractivity contribution < 1.29 is 14.6 Å². The fraction of sp³-hybridized carbons (Fsp3) is 0.458. The van der Waals surface area contributed by atoms with Crippen molar-refractivity contribution in [3.8, 4) is 16.9 Å². The highest BCUT2D eigenvalue weighted by atomic mass is 16.5. The molecule has 4 heteroatoms. The molecule has 4 nitrogen and oxygen atoms in total. The maximum absolute atomic E-state index is 10.8. The molecular weight excluding hydrogens is 350 g/mol. The SMILES string of the molecule is CC1CNc2ccc(-c3ccc(C4CCC(CCC(=O)O)CC4)cc3)cc2O1. The standard InChI is InChI=1S/C24H29NO3/c1-16-15-25-22-12-11-21(14-23(22)28-16)20-9-7-19(8-10-20)18-5-2-17(3-6-18)4-13-24(26)27/h7-12,14,16-18,25H,2-6,13,15H2,1H3,(H,26,27). The molecule has 1 fully saturated rings. The smallest absolute Gasteiger partial charge is 0.303 e. The minimum Gasteiger partial charge on any atom is -0.487 e. The van der Waals surface area contributed by atoms with E-state index in [0.29, 0.717) is 18.3 Å². The van der Waals surface area contributed by atoms with Gasteiger partial charge in [-0.3, -0.25) is 4.79 Å². The van der Waals surface area contributed by atoms with E-state index in [-0.39, 0.29) is 6.10 Å². The Kier molecular flexibility index (Phi) is 5.56. The number of fused-ring (bicyclic) bond motifs is 1. The lowest BCUT2D eigenvalue weighted by Crippen LogP contribution is -2.27. The van der Waals surface area contributed by atoms with Crippen LogP contribution in [0.2, 0.25) is 0 Å². The van der Waals surface area contributed by atoms with Crippen molar-refractivity contribution >= 4 is 11.7 Å². The molecule has 2 aromatic rings. The number of hydrogen-bond donors (Lipinski definition) is 2.